The number of aromatic nitrogens is 1. The first-order valence-electron chi connectivity index (χ1n) is 9.17. The van der Waals surface area contributed by atoms with Crippen LogP contribution in [0.15, 0.2) is 35.7 Å². The van der Waals surface area contributed by atoms with Gasteiger partial charge in [-0.15, -0.1) is 11.3 Å². The van der Waals surface area contributed by atoms with Gasteiger partial charge in [0.15, 0.2) is 0 Å². The molecule has 0 fully saturated rings. The molecule has 1 atom stereocenters. The molecule has 9 nitrogen and oxygen atoms in total. The van der Waals surface area contributed by atoms with Crippen molar-refractivity contribution in [2.24, 2.45) is 11.5 Å². The fraction of sp³-hybridized carbons (Fsp3) is 0.368. The highest BCUT2D eigenvalue weighted by molar-refractivity contribution is 7.09. The topological polar surface area (TPSA) is 149 Å². The van der Waals surface area contributed by atoms with Crippen molar-refractivity contribution in [1.29, 1.82) is 0 Å². The number of hydrogen-bond donors (Lipinski definition) is 4. The number of nitrogens with zero attached hydrogens (tertiary/aromatic N) is 1. The first kappa shape index (κ1) is 22.3. The SMILES string of the molecule is NC(=O)CNC(=O)c1csc(C(N)CCCCNC(=O)OCc2ccccc2)n1. The molecule has 3 amide bonds. The van der Waals surface area contributed by atoms with Crippen LogP contribution in [0, 0.1) is 0 Å². The summed E-state index contributed by atoms with van der Waals surface area (Å²) in [6, 6.07) is 9.15. The van der Waals surface area contributed by atoms with Crippen LogP contribution < -0.4 is 22.1 Å². The zero-order valence-corrected chi connectivity index (χ0v) is 16.7. The molecule has 0 aliphatic carbocycles. The predicted octanol–water partition coefficient (Wildman–Crippen LogP) is 1.45. The molecule has 0 saturated heterocycles. The lowest BCUT2D eigenvalue weighted by Gasteiger charge is -2.09. The fourth-order valence-electron chi connectivity index (χ4n) is 2.40. The number of unbranched alkanes of at least 4 members (excludes halogenated alkanes) is 1. The maximum atomic E-state index is 11.8. The van der Waals surface area contributed by atoms with Crippen LogP contribution in [0.4, 0.5) is 4.79 Å². The van der Waals surface area contributed by atoms with Gasteiger partial charge in [0.25, 0.3) is 5.91 Å². The highest BCUT2D eigenvalue weighted by atomic mass is 32.1. The lowest BCUT2D eigenvalue weighted by molar-refractivity contribution is -0.117. The second-order valence-electron chi connectivity index (χ2n) is 6.31. The van der Waals surface area contributed by atoms with Crippen LogP contribution >= 0.6 is 11.3 Å². The number of nitrogens with two attached hydrogens (primary N) is 2. The van der Waals surface area contributed by atoms with Gasteiger partial charge < -0.3 is 26.8 Å². The van der Waals surface area contributed by atoms with Crippen molar-refractivity contribution in [3.8, 4) is 0 Å². The Balaban J connectivity index is 1.60. The number of benzene rings is 1. The molecule has 2 aromatic rings. The van der Waals surface area contributed by atoms with Gasteiger partial charge in [0.1, 0.15) is 17.3 Å². The van der Waals surface area contributed by atoms with E-state index in [-0.39, 0.29) is 24.9 Å². The van der Waals surface area contributed by atoms with E-state index in [0.29, 0.717) is 18.0 Å². The van der Waals surface area contributed by atoms with Crippen molar-refractivity contribution in [3.63, 3.8) is 0 Å². The minimum absolute atomic E-state index is 0.213. The van der Waals surface area contributed by atoms with Crippen molar-refractivity contribution in [2.45, 2.75) is 31.9 Å². The predicted molar refractivity (Wildman–Crippen MR) is 109 cm³/mol. The van der Waals surface area contributed by atoms with Crippen LogP contribution in [0.2, 0.25) is 0 Å². The van der Waals surface area contributed by atoms with E-state index in [1.165, 1.54) is 11.3 Å². The number of amides is 3. The van der Waals surface area contributed by atoms with Gasteiger partial charge in [0.05, 0.1) is 12.6 Å². The van der Waals surface area contributed by atoms with Gasteiger partial charge in [-0.1, -0.05) is 30.3 Å². The van der Waals surface area contributed by atoms with Gasteiger partial charge in [-0.3, -0.25) is 9.59 Å². The van der Waals surface area contributed by atoms with E-state index in [1.807, 2.05) is 30.3 Å². The number of rotatable bonds is 11. The summed E-state index contributed by atoms with van der Waals surface area (Å²) in [5.74, 6) is -1.08. The molecule has 1 heterocycles. The van der Waals surface area contributed by atoms with Crippen molar-refractivity contribution in [3.05, 3.63) is 52.0 Å². The Hall–Kier alpha value is -2.98. The lowest BCUT2D eigenvalue weighted by Crippen LogP contribution is -2.33. The fourth-order valence-corrected chi connectivity index (χ4v) is 3.23. The van der Waals surface area contributed by atoms with E-state index >= 15 is 0 Å². The average molecular weight is 420 g/mol. The summed E-state index contributed by atoms with van der Waals surface area (Å²) in [5, 5.41) is 7.32. The van der Waals surface area contributed by atoms with E-state index in [0.717, 1.165) is 18.4 Å². The highest BCUT2D eigenvalue weighted by Gasteiger charge is 2.15. The summed E-state index contributed by atoms with van der Waals surface area (Å²) in [6.07, 6.45) is 1.73. The highest BCUT2D eigenvalue weighted by Crippen LogP contribution is 2.20. The number of ether oxygens (including phenoxy) is 1. The molecule has 6 N–H and O–H groups in total. The van der Waals surface area contributed by atoms with Crippen LogP contribution in [0.3, 0.4) is 0 Å². The minimum atomic E-state index is -0.622. The summed E-state index contributed by atoms with van der Waals surface area (Å²) in [5.41, 5.74) is 12.2. The van der Waals surface area contributed by atoms with Gasteiger partial charge in [0, 0.05) is 11.9 Å². The Morgan fingerprint density at radius 1 is 1.14 bits per heavy atom. The molecule has 0 spiro atoms. The van der Waals surface area contributed by atoms with Crippen LogP contribution in [-0.4, -0.2) is 36.0 Å². The van der Waals surface area contributed by atoms with E-state index in [1.54, 1.807) is 5.38 Å². The standard InChI is InChI=1S/C19H25N5O4S/c20-14(18-24-15(12-29-18)17(26)23-10-16(21)25)8-4-5-9-22-19(27)28-11-13-6-2-1-3-7-13/h1-3,6-7,12,14H,4-5,8-11,20H2,(H2,21,25)(H,22,27)(H,23,26). The summed E-state index contributed by atoms with van der Waals surface area (Å²) in [6.45, 7) is 0.481. The van der Waals surface area contributed by atoms with E-state index in [4.69, 9.17) is 16.2 Å². The van der Waals surface area contributed by atoms with Gasteiger partial charge in [-0.05, 0) is 24.8 Å². The summed E-state index contributed by atoms with van der Waals surface area (Å²) in [7, 11) is 0. The zero-order chi connectivity index (χ0) is 21.1. The first-order chi connectivity index (χ1) is 14.0. The van der Waals surface area contributed by atoms with Crippen LogP contribution in [0.5, 0.6) is 0 Å². The van der Waals surface area contributed by atoms with Gasteiger partial charge >= 0.3 is 6.09 Å². The van der Waals surface area contributed by atoms with E-state index < -0.39 is 17.9 Å². The van der Waals surface area contributed by atoms with Gasteiger partial charge in [0.2, 0.25) is 5.91 Å². The molecule has 2 rings (SSSR count). The number of primary amides is 1. The number of carbonyl (C=O) groups excluding carboxylic acids is 3. The molecule has 0 aliphatic rings. The number of alkyl carbamates (subject to hydrolysis) is 1. The largest absolute Gasteiger partial charge is 0.445 e. The maximum Gasteiger partial charge on any atom is 0.407 e. The second-order valence-corrected chi connectivity index (χ2v) is 7.20. The Labute approximate surface area is 172 Å². The monoisotopic (exact) mass is 419 g/mol. The summed E-state index contributed by atoms with van der Waals surface area (Å²) < 4.78 is 5.13. The molecule has 156 valence electrons. The molecule has 0 aliphatic heterocycles. The Morgan fingerprint density at radius 2 is 1.90 bits per heavy atom. The lowest BCUT2D eigenvalue weighted by atomic mass is 10.1. The third kappa shape index (κ3) is 8.28. The Bertz CT molecular complexity index is 812. The molecule has 0 bridgehead atoms. The van der Waals surface area contributed by atoms with Crippen LogP contribution in [-0.2, 0) is 16.1 Å². The van der Waals surface area contributed by atoms with Crippen molar-refractivity contribution in [1.82, 2.24) is 15.6 Å². The van der Waals surface area contributed by atoms with Crippen molar-refractivity contribution >= 4 is 29.2 Å². The molecule has 10 heteroatoms. The molecule has 0 radical (unpaired) electrons. The third-order valence-electron chi connectivity index (χ3n) is 3.92. The quantitative estimate of drug-likeness (QED) is 0.405. The smallest absolute Gasteiger partial charge is 0.407 e. The summed E-state index contributed by atoms with van der Waals surface area (Å²) >= 11 is 1.29. The zero-order valence-electron chi connectivity index (χ0n) is 15.9. The Kier molecular flexibility index (Phi) is 9.06. The molecule has 29 heavy (non-hydrogen) atoms. The van der Waals surface area contributed by atoms with Crippen molar-refractivity contribution < 1.29 is 19.1 Å². The summed E-state index contributed by atoms with van der Waals surface area (Å²) in [4.78, 5) is 38.4. The molecule has 0 saturated carbocycles. The average Bonchev–Trinajstić information content (AvgIpc) is 3.21. The molecular weight excluding hydrogens is 394 g/mol. The minimum Gasteiger partial charge on any atom is -0.445 e. The molecule has 1 unspecified atom stereocenters. The van der Waals surface area contributed by atoms with Crippen LogP contribution in [0.1, 0.15) is 46.4 Å². The van der Waals surface area contributed by atoms with Gasteiger partial charge in [-0.25, -0.2) is 9.78 Å². The Morgan fingerprint density at radius 3 is 2.62 bits per heavy atom. The first-order valence-corrected chi connectivity index (χ1v) is 10.1. The van der Waals surface area contributed by atoms with Crippen LogP contribution in [0.25, 0.3) is 0 Å². The third-order valence-corrected chi connectivity index (χ3v) is 4.90. The molecule has 1 aromatic heterocycles. The maximum absolute atomic E-state index is 11.8. The number of carbonyl (C=O) groups is 3. The number of thiazole rings is 1. The normalized spacial score (nSPS) is 11.5. The van der Waals surface area contributed by atoms with Gasteiger partial charge in [-0.2, -0.15) is 0 Å². The van der Waals surface area contributed by atoms with Crippen molar-refractivity contribution in [2.75, 3.05) is 13.1 Å². The van der Waals surface area contributed by atoms with E-state index in [9.17, 15) is 14.4 Å². The number of nitrogens with one attached hydrogen (secondary N) is 2. The second kappa shape index (κ2) is 11.8. The molecular formula is C19H25N5O4S. The number of hydrogen-bond acceptors (Lipinski definition) is 7. The molecule has 1 aromatic carbocycles. The van der Waals surface area contributed by atoms with E-state index in [2.05, 4.69) is 15.6 Å².